The molecular formula is C9H19BrNO4P. The zero-order valence-corrected chi connectivity index (χ0v) is 12.4. The molecule has 5 nitrogen and oxygen atoms in total. The van der Waals surface area contributed by atoms with E-state index in [0.717, 1.165) is 11.8 Å². The molecule has 0 N–H and O–H groups in total. The second-order valence-corrected chi connectivity index (χ2v) is 6.64. The van der Waals surface area contributed by atoms with Gasteiger partial charge in [-0.1, -0.05) is 15.9 Å². The lowest BCUT2D eigenvalue weighted by Gasteiger charge is -2.25. The van der Waals surface area contributed by atoms with Crippen LogP contribution in [0.25, 0.3) is 0 Å². The quantitative estimate of drug-likeness (QED) is 0.390. The fourth-order valence-electron chi connectivity index (χ4n) is 1.14. The normalized spacial score (nSPS) is 14.8. The van der Waals surface area contributed by atoms with Crippen LogP contribution in [-0.4, -0.2) is 49.4 Å². The number of rotatable bonds is 8. The fourth-order valence-corrected chi connectivity index (χ4v) is 2.90. The Kier molecular flexibility index (Phi) is 8.28. The average Bonchev–Trinajstić information content (AvgIpc) is 2.25. The molecule has 0 aliphatic heterocycles. The molecule has 0 radical (unpaired) electrons. The molecule has 0 rings (SSSR count). The van der Waals surface area contributed by atoms with Gasteiger partial charge in [0.05, 0.1) is 6.61 Å². The fraction of sp³-hybridized carbons (Fsp3) is 0.889. The van der Waals surface area contributed by atoms with Crippen LogP contribution in [0.15, 0.2) is 0 Å². The number of carbonyl (C=O) groups excluding carboxylic acids is 1. The molecule has 0 aromatic heterocycles. The van der Waals surface area contributed by atoms with E-state index in [-0.39, 0.29) is 12.8 Å². The van der Waals surface area contributed by atoms with Crippen LogP contribution in [0.1, 0.15) is 13.3 Å². The first-order valence-electron chi connectivity index (χ1n) is 5.08. The van der Waals surface area contributed by atoms with Crippen molar-refractivity contribution in [3.63, 3.8) is 0 Å². The van der Waals surface area contributed by atoms with Crippen LogP contribution in [0.5, 0.6) is 0 Å². The van der Waals surface area contributed by atoms with E-state index in [1.54, 1.807) is 18.6 Å². The van der Waals surface area contributed by atoms with Crippen LogP contribution in [-0.2, 0) is 18.6 Å². The zero-order chi connectivity index (χ0) is 12.6. The van der Waals surface area contributed by atoms with Gasteiger partial charge >= 0.3 is 5.97 Å². The summed E-state index contributed by atoms with van der Waals surface area (Å²) in [6.07, 6.45) is 0.642. The minimum absolute atomic E-state index is 0.198. The highest BCUT2D eigenvalue weighted by Gasteiger charge is 2.31. The number of carbonyl (C=O) groups is 1. The van der Waals surface area contributed by atoms with Crippen molar-refractivity contribution < 1.29 is 18.6 Å². The van der Waals surface area contributed by atoms with Gasteiger partial charge < -0.3 is 9.26 Å². The van der Waals surface area contributed by atoms with Gasteiger partial charge in [0.15, 0.2) is 0 Å². The van der Waals surface area contributed by atoms with Crippen LogP contribution < -0.4 is 0 Å². The maximum Gasteiger partial charge on any atom is 0.316 e. The molecule has 7 heteroatoms. The molecule has 0 saturated heterocycles. The maximum absolute atomic E-state index is 12.3. The molecule has 0 spiro atoms. The lowest BCUT2D eigenvalue weighted by Crippen LogP contribution is -2.23. The molecule has 0 aromatic rings. The third-order valence-electron chi connectivity index (χ3n) is 2.06. The third-order valence-corrected chi connectivity index (χ3v) is 5.08. The predicted octanol–water partition coefficient (Wildman–Crippen LogP) is 2.11. The molecule has 0 aromatic carbocycles. The number of hydrogen-bond acceptors (Lipinski definition) is 4. The summed E-state index contributed by atoms with van der Waals surface area (Å²) in [6, 6.07) is 0. The molecule has 1 unspecified atom stereocenters. The van der Waals surface area contributed by atoms with Crippen LogP contribution in [0.4, 0.5) is 0 Å². The summed E-state index contributed by atoms with van der Waals surface area (Å²) in [4.78, 5) is 11.3. The Morgan fingerprint density at radius 3 is 2.56 bits per heavy atom. The van der Waals surface area contributed by atoms with E-state index in [4.69, 9.17) is 9.26 Å². The third kappa shape index (κ3) is 5.43. The first-order chi connectivity index (χ1) is 7.50. The summed E-state index contributed by atoms with van der Waals surface area (Å²) in [5.74, 6) is -0.488. The van der Waals surface area contributed by atoms with Crippen LogP contribution in [0.2, 0.25) is 0 Å². The molecule has 0 fully saturated rings. The van der Waals surface area contributed by atoms with Gasteiger partial charge in [-0.05, 0) is 20.4 Å². The number of hydrogen-bond donors (Lipinski definition) is 0. The first kappa shape index (κ1) is 16.1. The van der Waals surface area contributed by atoms with E-state index in [0.29, 0.717) is 6.54 Å². The standard InChI is InChI=1S/C9H19BrNO4P/c1-4-15-9(12)8-16(13,14-3)11(2)7-5-6-10/h4-8H2,1-3H3. The van der Waals surface area contributed by atoms with Gasteiger partial charge in [-0.25, -0.2) is 4.67 Å². The Hall–Kier alpha value is 0.100. The van der Waals surface area contributed by atoms with Crippen LogP contribution >= 0.6 is 23.4 Å². The lowest BCUT2D eigenvalue weighted by atomic mass is 10.5. The Bertz CT molecular complexity index is 262. The average molecular weight is 316 g/mol. The Morgan fingerprint density at radius 1 is 1.50 bits per heavy atom. The van der Waals surface area contributed by atoms with Gasteiger partial charge in [-0.3, -0.25) is 9.36 Å². The van der Waals surface area contributed by atoms with E-state index < -0.39 is 13.5 Å². The van der Waals surface area contributed by atoms with Crippen LogP contribution in [0.3, 0.4) is 0 Å². The predicted molar refractivity (Wildman–Crippen MR) is 67.2 cm³/mol. The molecular weight excluding hydrogens is 297 g/mol. The van der Waals surface area contributed by atoms with Gasteiger partial charge in [0, 0.05) is 19.0 Å². The molecule has 0 aliphatic rings. The van der Waals surface area contributed by atoms with Crippen molar-refractivity contribution in [1.82, 2.24) is 4.67 Å². The summed E-state index contributed by atoms with van der Waals surface area (Å²) < 4.78 is 23.6. The highest BCUT2D eigenvalue weighted by Crippen LogP contribution is 2.48. The lowest BCUT2D eigenvalue weighted by molar-refractivity contribution is -0.140. The van der Waals surface area contributed by atoms with Crippen molar-refractivity contribution >= 4 is 29.4 Å². The minimum Gasteiger partial charge on any atom is -0.466 e. The number of alkyl halides is 1. The maximum atomic E-state index is 12.3. The van der Waals surface area contributed by atoms with E-state index in [1.165, 1.54) is 7.11 Å². The minimum atomic E-state index is -3.07. The van der Waals surface area contributed by atoms with Gasteiger partial charge in [-0.15, -0.1) is 0 Å². The number of halogens is 1. The smallest absolute Gasteiger partial charge is 0.316 e. The Balaban J connectivity index is 4.39. The summed E-state index contributed by atoms with van der Waals surface area (Å²) in [5.41, 5.74) is 0. The Labute approximate surface area is 105 Å². The van der Waals surface area contributed by atoms with Gasteiger partial charge in [-0.2, -0.15) is 0 Å². The topological polar surface area (TPSA) is 55.8 Å². The van der Waals surface area contributed by atoms with Crippen LogP contribution in [0, 0.1) is 0 Å². The van der Waals surface area contributed by atoms with Gasteiger partial charge in [0.25, 0.3) is 7.52 Å². The highest BCUT2D eigenvalue weighted by atomic mass is 79.9. The second-order valence-electron chi connectivity index (χ2n) is 3.21. The molecule has 0 heterocycles. The SMILES string of the molecule is CCOC(=O)CP(=O)(OC)N(C)CCCBr. The monoisotopic (exact) mass is 315 g/mol. The summed E-state index contributed by atoms with van der Waals surface area (Å²) >= 11 is 3.29. The highest BCUT2D eigenvalue weighted by molar-refractivity contribution is 9.09. The van der Waals surface area contributed by atoms with Crippen molar-refractivity contribution in [3.8, 4) is 0 Å². The molecule has 0 saturated carbocycles. The van der Waals surface area contributed by atoms with E-state index in [2.05, 4.69) is 15.9 Å². The molecule has 0 aliphatic carbocycles. The van der Waals surface area contributed by atoms with E-state index >= 15 is 0 Å². The number of ether oxygens (including phenoxy) is 1. The summed E-state index contributed by atoms with van der Waals surface area (Å²) in [6.45, 7) is 2.60. The van der Waals surface area contributed by atoms with Crippen molar-refractivity contribution in [2.24, 2.45) is 0 Å². The Morgan fingerprint density at radius 2 is 2.12 bits per heavy atom. The molecule has 0 amide bonds. The van der Waals surface area contributed by atoms with Crippen molar-refractivity contribution in [3.05, 3.63) is 0 Å². The largest absolute Gasteiger partial charge is 0.466 e. The zero-order valence-electron chi connectivity index (χ0n) is 9.94. The molecule has 1 atom stereocenters. The molecule has 0 bridgehead atoms. The van der Waals surface area contributed by atoms with E-state index in [9.17, 15) is 9.36 Å². The molecule has 16 heavy (non-hydrogen) atoms. The van der Waals surface area contributed by atoms with Gasteiger partial charge in [0.1, 0.15) is 6.16 Å². The first-order valence-corrected chi connectivity index (χ1v) is 7.96. The van der Waals surface area contributed by atoms with Crippen molar-refractivity contribution in [2.45, 2.75) is 13.3 Å². The summed E-state index contributed by atoms with van der Waals surface area (Å²) in [5, 5.41) is 0.820. The second kappa shape index (κ2) is 8.23. The van der Waals surface area contributed by atoms with Crippen molar-refractivity contribution in [1.29, 1.82) is 0 Å². The molecule has 96 valence electrons. The number of nitrogens with zero attached hydrogens (tertiary/aromatic N) is 1. The summed E-state index contributed by atoms with van der Waals surface area (Å²) in [7, 11) is -0.0304. The van der Waals surface area contributed by atoms with Crippen molar-refractivity contribution in [2.75, 3.05) is 38.8 Å². The number of esters is 1. The van der Waals surface area contributed by atoms with E-state index in [1.807, 2.05) is 0 Å². The van der Waals surface area contributed by atoms with Gasteiger partial charge in [0.2, 0.25) is 0 Å².